The maximum atomic E-state index is 11.4. The number of carbonyl (C=O) groups excluding carboxylic acids is 4. The molecule has 0 spiro atoms. The van der Waals surface area contributed by atoms with Gasteiger partial charge in [0.1, 0.15) is 11.5 Å². The van der Waals surface area contributed by atoms with E-state index in [0.717, 1.165) is 0 Å². The Balaban J connectivity index is 0.000000483. The fraction of sp³-hybridized carbons (Fsp3) is 0.600. The molecule has 0 saturated heterocycles. The molecule has 0 aromatic rings. The van der Waals surface area contributed by atoms with Gasteiger partial charge in [-0.1, -0.05) is 27.7 Å². The first-order valence-corrected chi connectivity index (χ1v) is 8.59. The molecule has 2 N–H and O–H groups in total. The summed E-state index contributed by atoms with van der Waals surface area (Å²) in [7, 11) is 0. The molecule has 27 heavy (non-hydrogen) atoms. The molecule has 0 saturated carbocycles. The Kier molecular flexibility index (Phi) is 8.41. The Morgan fingerprint density at radius 2 is 0.963 bits per heavy atom. The molecular weight excluding hydrogens is 400 g/mol. The summed E-state index contributed by atoms with van der Waals surface area (Å²) >= 11 is 0. The van der Waals surface area contributed by atoms with Crippen LogP contribution in [0.4, 0.5) is 0 Å². The van der Waals surface area contributed by atoms with E-state index in [1.54, 1.807) is 0 Å². The van der Waals surface area contributed by atoms with Crippen LogP contribution in [0.5, 0.6) is 0 Å². The number of aliphatic hydroxyl groups excluding tert-OH is 2. The van der Waals surface area contributed by atoms with Gasteiger partial charge in [-0.15, -0.1) is 0 Å². The predicted octanol–water partition coefficient (Wildman–Crippen LogP) is 3.55. The van der Waals surface area contributed by atoms with E-state index in [0.29, 0.717) is 25.7 Å². The molecule has 2 aliphatic rings. The maximum Gasteiger partial charge on any atom is 0.170 e. The first-order valence-electron chi connectivity index (χ1n) is 8.59. The van der Waals surface area contributed by atoms with Crippen LogP contribution in [0.15, 0.2) is 22.7 Å². The average molecular weight is 428 g/mol. The van der Waals surface area contributed by atoms with Gasteiger partial charge in [-0.3, -0.25) is 19.2 Å². The van der Waals surface area contributed by atoms with Crippen molar-refractivity contribution in [2.45, 2.75) is 67.2 Å². The summed E-state index contributed by atoms with van der Waals surface area (Å²) in [6, 6.07) is 0. The number of rotatable bonds is 2. The summed E-state index contributed by atoms with van der Waals surface area (Å²) < 4.78 is 0. The van der Waals surface area contributed by atoms with Gasteiger partial charge in [0.15, 0.2) is 23.1 Å². The second-order valence-electron chi connectivity index (χ2n) is 8.64. The topological polar surface area (TPSA) is 109 Å². The van der Waals surface area contributed by atoms with E-state index in [1.807, 2.05) is 27.7 Å². The first-order chi connectivity index (χ1) is 11.7. The van der Waals surface area contributed by atoms with E-state index in [4.69, 9.17) is 0 Å². The van der Waals surface area contributed by atoms with Crippen LogP contribution in [-0.2, 0) is 36.2 Å². The molecule has 0 aliphatic heterocycles. The van der Waals surface area contributed by atoms with Crippen molar-refractivity contribution in [2.75, 3.05) is 0 Å². The number of hydrogen-bond acceptors (Lipinski definition) is 6. The van der Waals surface area contributed by atoms with E-state index in [1.165, 1.54) is 13.8 Å². The Hall–Kier alpha value is -1.72. The third-order valence-corrected chi connectivity index (χ3v) is 4.41. The second-order valence-corrected chi connectivity index (χ2v) is 8.64. The van der Waals surface area contributed by atoms with Crippen molar-refractivity contribution < 1.29 is 46.5 Å². The van der Waals surface area contributed by atoms with E-state index < -0.39 is 0 Å². The van der Waals surface area contributed by atoms with Gasteiger partial charge in [0.05, 0.1) is 11.1 Å². The van der Waals surface area contributed by atoms with Crippen LogP contribution < -0.4 is 0 Å². The molecule has 155 valence electrons. The molecule has 0 heterocycles. The zero-order valence-corrected chi connectivity index (χ0v) is 17.6. The van der Waals surface area contributed by atoms with E-state index in [2.05, 4.69) is 0 Å². The summed E-state index contributed by atoms with van der Waals surface area (Å²) in [6.45, 7) is 10.2. The fourth-order valence-corrected chi connectivity index (χ4v) is 3.38. The van der Waals surface area contributed by atoms with Crippen molar-refractivity contribution >= 4 is 23.1 Å². The molecular formula is C20H28CuO6. The van der Waals surface area contributed by atoms with Gasteiger partial charge in [-0.05, 0) is 24.7 Å². The van der Waals surface area contributed by atoms with Crippen molar-refractivity contribution in [2.24, 2.45) is 10.8 Å². The van der Waals surface area contributed by atoms with Crippen molar-refractivity contribution in [3.8, 4) is 0 Å². The van der Waals surface area contributed by atoms with Crippen LogP contribution in [0.2, 0.25) is 0 Å². The van der Waals surface area contributed by atoms with Crippen LogP contribution in [0.25, 0.3) is 0 Å². The number of ketones is 4. The van der Waals surface area contributed by atoms with Gasteiger partial charge >= 0.3 is 0 Å². The Morgan fingerprint density at radius 1 is 0.704 bits per heavy atom. The van der Waals surface area contributed by atoms with Crippen molar-refractivity contribution in [1.29, 1.82) is 0 Å². The Morgan fingerprint density at radius 3 is 1.15 bits per heavy atom. The van der Waals surface area contributed by atoms with Crippen LogP contribution in [0.3, 0.4) is 0 Å². The molecule has 7 heteroatoms. The van der Waals surface area contributed by atoms with Crippen LogP contribution in [0, 0.1) is 10.8 Å². The standard InChI is InChI=1S/2C10H14O3.Cu/c2*1-6(11)9-7(12)4-10(2,3)5-8(9)13;/h2*12H,4-5H2,1-3H3;. The Bertz CT molecular complexity index is 663. The SMILES string of the molecule is CC(=O)C1=C(O)CC(C)(C)CC1=O.CC(=O)C1=C(O)CC(C)(C)CC1=O.[Cu]. The number of Topliss-reactive ketones (excluding diaryl/α,β-unsaturated/α-hetero) is 4. The van der Waals surface area contributed by atoms with Crippen LogP contribution >= 0.6 is 0 Å². The van der Waals surface area contributed by atoms with Gasteiger partial charge in [-0.2, -0.15) is 0 Å². The zero-order valence-electron chi connectivity index (χ0n) is 16.7. The molecule has 0 fully saturated rings. The van der Waals surface area contributed by atoms with E-state index >= 15 is 0 Å². The quantitative estimate of drug-likeness (QED) is 0.515. The van der Waals surface area contributed by atoms with Gasteiger partial charge in [-0.25, -0.2) is 0 Å². The maximum absolute atomic E-state index is 11.4. The molecule has 0 aromatic heterocycles. The number of aliphatic hydroxyl groups is 2. The predicted molar refractivity (Wildman–Crippen MR) is 96.7 cm³/mol. The number of hydrogen-bond donors (Lipinski definition) is 2. The fourth-order valence-electron chi connectivity index (χ4n) is 3.38. The number of carbonyl (C=O) groups is 4. The van der Waals surface area contributed by atoms with Gasteiger partial charge < -0.3 is 10.2 Å². The van der Waals surface area contributed by atoms with Crippen LogP contribution in [-0.4, -0.2) is 33.3 Å². The van der Waals surface area contributed by atoms with Gasteiger partial charge in [0.2, 0.25) is 0 Å². The third-order valence-electron chi connectivity index (χ3n) is 4.41. The average Bonchev–Trinajstić information content (AvgIpc) is 2.32. The number of allylic oxidation sites excluding steroid dienone is 4. The van der Waals surface area contributed by atoms with Gasteiger partial charge in [0.25, 0.3) is 0 Å². The minimum absolute atomic E-state index is 0. The second kappa shape index (κ2) is 8.98. The molecule has 0 bridgehead atoms. The summed E-state index contributed by atoms with van der Waals surface area (Å²) in [5, 5.41) is 19.0. The largest absolute Gasteiger partial charge is 0.511 e. The minimum Gasteiger partial charge on any atom is -0.511 e. The van der Waals surface area contributed by atoms with E-state index in [-0.39, 0.29) is 73.7 Å². The molecule has 6 nitrogen and oxygen atoms in total. The van der Waals surface area contributed by atoms with Gasteiger partial charge in [0, 0.05) is 42.8 Å². The minimum atomic E-state index is -0.335. The molecule has 0 atom stereocenters. The molecule has 0 unspecified atom stereocenters. The van der Waals surface area contributed by atoms with Crippen molar-refractivity contribution in [3.63, 3.8) is 0 Å². The van der Waals surface area contributed by atoms with E-state index in [9.17, 15) is 29.4 Å². The zero-order chi connectivity index (χ0) is 20.4. The van der Waals surface area contributed by atoms with Crippen molar-refractivity contribution in [1.82, 2.24) is 0 Å². The molecule has 1 radical (unpaired) electrons. The smallest absolute Gasteiger partial charge is 0.170 e. The summed E-state index contributed by atoms with van der Waals surface area (Å²) in [5.41, 5.74) is -0.445. The third kappa shape index (κ3) is 6.74. The Labute approximate surface area is 170 Å². The molecule has 2 aliphatic carbocycles. The summed E-state index contributed by atoms with van der Waals surface area (Å²) in [6.07, 6.45) is 1.50. The van der Waals surface area contributed by atoms with Crippen LogP contribution in [0.1, 0.15) is 67.2 Å². The normalized spacial score (nSPS) is 21.1. The summed E-state index contributed by atoms with van der Waals surface area (Å²) in [5.74, 6) is -1.24. The first kappa shape index (κ1) is 25.3. The van der Waals surface area contributed by atoms with Crippen molar-refractivity contribution in [3.05, 3.63) is 22.7 Å². The monoisotopic (exact) mass is 427 g/mol. The summed E-state index contributed by atoms with van der Waals surface area (Å²) in [4.78, 5) is 44.8. The molecule has 0 amide bonds. The molecule has 2 rings (SSSR count). The molecule has 0 aromatic carbocycles.